The minimum Gasteiger partial charge on any atom is -0.465 e. The maximum Gasteiger partial charge on any atom is 0.251 e. The standard InChI is InChI=1S/C18H26N2O4/c1-13-4-5-15(24-13)9-19-8-14-11-22-12-17(16(14)10-19)18(21)20-6-2-3-7-23-20/h4-5,14,16-17H,2-3,6-12H2,1H3/t14-,16-,17+/m0/s1. The number of hydrogen-bond donors (Lipinski definition) is 0. The predicted molar refractivity (Wildman–Crippen MR) is 86.9 cm³/mol. The van der Waals surface area contributed by atoms with E-state index in [0.29, 0.717) is 31.6 Å². The van der Waals surface area contributed by atoms with Crippen LogP contribution in [-0.4, -0.2) is 55.3 Å². The maximum absolute atomic E-state index is 12.8. The lowest BCUT2D eigenvalue weighted by atomic mass is 9.82. The molecule has 4 rings (SSSR count). The maximum atomic E-state index is 12.8. The van der Waals surface area contributed by atoms with E-state index >= 15 is 0 Å². The summed E-state index contributed by atoms with van der Waals surface area (Å²) in [6.45, 7) is 7.31. The van der Waals surface area contributed by atoms with Crippen LogP contribution < -0.4 is 0 Å². The molecule has 6 heteroatoms. The van der Waals surface area contributed by atoms with E-state index in [1.165, 1.54) is 0 Å². The number of nitrogens with zero attached hydrogens (tertiary/aromatic N) is 2. The van der Waals surface area contributed by atoms with Crippen molar-refractivity contribution in [1.82, 2.24) is 9.96 Å². The van der Waals surface area contributed by atoms with Crippen LogP contribution in [-0.2, 0) is 20.9 Å². The SMILES string of the molecule is Cc1ccc(CN2C[C@H]3COC[C@@H](C(=O)N4CCCCO4)[C@H]3C2)o1. The summed E-state index contributed by atoms with van der Waals surface area (Å²) in [6.07, 6.45) is 2.06. The van der Waals surface area contributed by atoms with E-state index in [0.717, 1.165) is 50.6 Å². The van der Waals surface area contributed by atoms with Crippen molar-refractivity contribution in [1.29, 1.82) is 0 Å². The van der Waals surface area contributed by atoms with Crippen LogP contribution in [0.3, 0.4) is 0 Å². The number of amides is 1. The highest BCUT2D eigenvalue weighted by Crippen LogP contribution is 2.36. The van der Waals surface area contributed by atoms with Crippen molar-refractivity contribution in [2.45, 2.75) is 26.3 Å². The molecule has 1 aromatic heterocycles. The summed E-state index contributed by atoms with van der Waals surface area (Å²) < 4.78 is 11.5. The van der Waals surface area contributed by atoms with Crippen LogP contribution in [0.1, 0.15) is 24.4 Å². The van der Waals surface area contributed by atoms with Gasteiger partial charge in [0.25, 0.3) is 5.91 Å². The lowest BCUT2D eigenvalue weighted by Gasteiger charge is -2.36. The third kappa shape index (κ3) is 3.23. The number of hydroxylamine groups is 2. The molecule has 3 fully saturated rings. The van der Waals surface area contributed by atoms with Crippen LogP contribution in [0.4, 0.5) is 0 Å². The van der Waals surface area contributed by atoms with Gasteiger partial charge in [0.1, 0.15) is 11.5 Å². The van der Waals surface area contributed by atoms with Crippen molar-refractivity contribution in [3.8, 4) is 0 Å². The molecule has 0 unspecified atom stereocenters. The van der Waals surface area contributed by atoms with Gasteiger partial charge >= 0.3 is 0 Å². The highest BCUT2D eigenvalue weighted by atomic mass is 16.7. The molecule has 0 aromatic carbocycles. The van der Waals surface area contributed by atoms with E-state index in [9.17, 15) is 4.79 Å². The molecular formula is C18H26N2O4. The molecule has 0 aliphatic carbocycles. The molecule has 0 bridgehead atoms. The summed E-state index contributed by atoms with van der Waals surface area (Å²) in [4.78, 5) is 20.8. The van der Waals surface area contributed by atoms with Gasteiger partial charge in [-0.3, -0.25) is 14.5 Å². The number of hydrogen-bond acceptors (Lipinski definition) is 5. The summed E-state index contributed by atoms with van der Waals surface area (Å²) in [6, 6.07) is 4.04. The topological polar surface area (TPSA) is 55.2 Å². The van der Waals surface area contributed by atoms with Crippen molar-refractivity contribution in [3.63, 3.8) is 0 Å². The van der Waals surface area contributed by atoms with Gasteiger partial charge in [0.05, 0.1) is 32.3 Å². The normalized spacial score (nSPS) is 31.2. The third-order valence-electron chi connectivity index (χ3n) is 5.45. The lowest BCUT2D eigenvalue weighted by molar-refractivity contribution is -0.207. The zero-order chi connectivity index (χ0) is 16.5. The van der Waals surface area contributed by atoms with Gasteiger partial charge in [-0.2, -0.15) is 0 Å². The van der Waals surface area contributed by atoms with Crippen molar-refractivity contribution in [2.75, 3.05) is 39.5 Å². The fraction of sp³-hybridized carbons (Fsp3) is 0.722. The molecule has 0 spiro atoms. The van der Waals surface area contributed by atoms with Crippen molar-refractivity contribution >= 4 is 5.91 Å². The van der Waals surface area contributed by atoms with Gasteiger partial charge in [-0.1, -0.05) is 0 Å². The molecule has 1 aromatic rings. The first kappa shape index (κ1) is 16.1. The molecule has 0 saturated carbocycles. The van der Waals surface area contributed by atoms with Crippen LogP contribution in [0.5, 0.6) is 0 Å². The second kappa shape index (κ2) is 6.86. The molecule has 3 saturated heterocycles. The molecule has 1 amide bonds. The zero-order valence-corrected chi connectivity index (χ0v) is 14.3. The Bertz CT molecular complexity index is 581. The molecule has 0 N–H and O–H groups in total. The first-order chi connectivity index (χ1) is 11.7. The number of ether oxygens (including phenoxy) is 1. The number of carbonyl (C=O) groups excluding carboxylic acids is 1. The first-order valence-electron chi connectivity index (χ1n) is 9.00. The average molecular weight is 334 g/mol. The van der Waals surface area contributed by atoms with E-state index in [1.807, 2.05) is 19.1 Å². The van der Waals surface area contributed by atoms with Crippen LogP contribution in [0, 0.1) is 24.7 Å². The van der Waals surface area contributed by atoms with E-state index in [4.69, 9.17) is 14.0 Å². The summed E-state index contributed by atoms with van der Waals surface area (Å²) in [5.74, 6) is 2.75. The van der Waals surface area contributed by atoms with Gasteiger partial charge in [0.15, 0.2) is 0 Å². The zero-order valence-electron chi connectivity index (χ0n) is 14.3. The highest BCUT2D eigenvalue weighted by Gasteiger charge is 2.45. The van der Waals surface area contributed by atoms with Crippen molar-refractivity contribution in [2.24, 2.45) is 17.8 Å². The summed E-state index contributed by atoms with van der Waals surface area (Å²) in [5, 5.41) is 1.58. The number of aryl methyl sites for hydroxylation is 1. The van der Waals surface area contributed by atoms with Gasteiger partial charge in [0, 0.05) is 19.6 Å². The Hall–Kier alpha value is -1.37. The third-order valence-corrected chi connectivity index (χ3v) is 5.45. The smallest absolute Gasteiger partial charge is 0.251 e. The van der Waals surface area contributed by atoms with Crippen LogP contribution in [0.15, 0.2) is 16.5 Å². The summed E-state index contributed by atoms with van der Waals surface area (Å²) in [7, 11) is 0. The van der Waals surface area contributed by atoms with Crippen LogP contribution in [0.25, 0.3) is 0 Å². The Kier molecular flexibility index (Phi) is 4.61. The Morgan fingerprint density at radius 1 is 1.25 bits per heavy atom. The van der Waals surface area contributed by atoms with Gasteiger partial charge in [-0.15, -0.1) is 0 Å². The van der Waals surface area contributed by atoms with Gasteiger partial charge in [0.2, 0.25) is 0 Å². The fourth-order valence-corrected chi connectivity index (χ4v) is 4.22. The van der Waals surface area contributed by atoms with Gasteiger partial charge in [-0.05, 0) is 43.7 Å². The van der Waals surface area contributed by atoms with E-state index in [2.05, 4.69) is 4.90 Å². The van der Waals surface area contributed by atoms with Gasteiger partial charge in [-0.25, -0.2) is 5.06 Å². The molecular weight excluding hydrogens is 308 g/mol. The Morgan fingerprint density at radius 2 is 2.17 bits per heavy atom. The average Bonchev–Trinajstić information content (AvgIpc) is 3.20. The quantitative estimate of drug-likeness (QED) is 0.844. The van der Waals surface area contributed by atoms with Crippen LogP contribution in [0.2, 0.25) is 0 Å². The number of furan rings is 1. The Morgan fingerprint density at radius 3 is 2.92 bits per heavy atom. The molecule has 0 radical (unpaired) electrons. The number of rotatable bonds is 3. The predicted octanol–water partition coefficient (Wildman–Crippen LogP) is 1.84. The largest absolute Gasteiger partial charge is 0.465 e. The summed E-state index contributed by atoms with van der Waals surface area (Å²) >= 11 is 0. The molecule has 4 heterocycles. The number of fused-ring (bicyclic) bond motifs is 1. The lowest BCUT2D eigenvalue weighted by Crippen LogP contribution is -2.47. The highest BCUT2D eigenvalue weighted by molar-refractivity contribution is 5.78. The van der Waals surface area contributed by atoms with Crippen molar-refractivity contribution in [3.05, 3.63) is 23.7 Å². The fourth-order valence-electron chi connectivity index (χ4n) is 4.22. The molecule has 3 atom stereocenters. The molecule has 24 heavy (non-hydrogen) atoms. The summed E-state index contributed by atoms with van der Waals surface area (Å²) in [5.41, 5.74) is 0. The minimum absolute atomic E-state index is 0.0785. The first-order valence-corrected chi connectivity index (χ1v) is 9.00. The molecule has 3 aliphatic rings. The molecule has 6 nitrogen and oxygen atoms in total. The van der Waals surface area contributed by atoms with E-state index in [1.54, 1.807) is 5.06 Å². The number of likely N-dealkylation sites (tertiary alicyclic amines) is 1. The molecule has 132 valence electrons. The second-order valence-corrected chi connectivity index (χ2v) is 7.26. The van der Waals surface area contributed by atoms with E-state index in [-0.39, 0.29) is 11.8 Å². The monoisotopic (exact) mass is 334 g/mol. The Balaban J connectivity index is 1.41. The number of carbonyl (C=O) groups is 1. The van der Waals surface area contributed by atoms with E-state index < -0.39 is 0 Å². The molecule has 3 aliphatic heterocycles. The second-order valence-electron chi connectivity index (χ2n) is 7.26. The minimum atomic E-state index is -0.0785. The Labute approximate surface area is 142 Å². The van der Waals surface area contributed by atoms with Crippen LogP contribution >= 0.6 is 0 Å². The van der Waals surface area contributed by atoms with Gasteiger partial charge < -0.3 is 9.15 Å². The van der Waals surface area contributed by atoms with Crippen molar-refractivity contribution < 1.29 is 18.8 Å².